The first kappa shape index (κ1) is 22.0. The average molecular weight is 379 g/mol. The molecule has 1 aromatic rings. The maximum absolute atomic E-state index is 11.8. The van der Waals surface area contributed by atoms with Crippen molar-refractivity contribution in [1.82, 2.24) is 10.6 Å². The molecule has 0 unspecified atom stereocenters. The van der Waals surface area contributed by atoms with Crippen molar-refractivity contribution in [1.29, 1.82) is 0 Å². The molecule has 10 heteroatoms. The van der Waals surface area contributed by atoms with Crippen LogP contribution in [0.4, 0.5) is 5.69 Å². The van der Waals surface area contributed by atoms with Crippen molar-refractivity contribution in [3.8, 4) is 5.75 Å². The monoisotopic (exact) mass is 378 g/mol. The first-order valence-electron chi connectivity index (χ1n) is 6.83. The lowest BCUT2D eigenvalue weighted by Crippen LogP contribution is -2.40. The topological polar surface area (TPSA) is 123 Å². The number of amides is 3. The molecule has 0 radical (unpaired) electrons. The second kappa shape index (κ2) is 11.5. The van der Waals surface area contributed by atoms with E-state index in [0.29, 0.717) is 16.5 Å². The molecule has 0 aliphatic carbocycles. The molecule has 1 aromatic carbocycles. The van der Waals surface area contributed by atoms with Gasteiger partial charge in [0.1, 0.15) is 5.75 Å². The minimum Gasteiger partial charge on any atom is -0.495 e. The van der Waals surface area contributed by atoms with Crippen molar-refractivity contribution in [2.45, 2.75) is 6.42 Å². The van der Waals surface area contributed by atoms with Gasteiger partial charge in [-0.2, -0.15) is 0 Å². The summed E-state index contributed by atoms with van der Waals surface area (Å²) in [6.45, 7) is -0.233. The van der Waals surface area contributed by atoms with Gasteiger partial charge >= 0.3 is 0 Å². The van der Waals surface area contributed by atoms with Crippen molar-refractivity contribution in [3.05, 3.63) is 23.2 Å². The Labute approximate surface area is 150 Å². The molecule has 1 rings (SSSR count). The second-order valence-corrected chi connectivity index (χ2v) is 4.91. The van der Waals surface area contributed by atoms with E-state index in [1.54, 1.807) is 18.2 Å². The summed E-state index contributed by atoms with van der Waals surface area (Å²) in [7, 11) is 1.48. The highest BCUT2D eigenvalue weighted by Gasteiger charge is 2.09. The normalized spacial score (nSPS) is 9.46. The number of hydrogen-bond donors (Lipinski definition) is 4. The highest BCUT2D eigenvalue weighted by molar-refractivity contribution is 6.31. The van der Waals surface area contributed by atoms with E-state index in [2.05, 4.69) is 16.0 Å². The zero-order valence-electron chi connectivity index (χ0n) is 13.1. The van der Waals surface area contributed by atoms with Crippen LogP contribution in [-0.4, -0.2) is 44.5 Å². The molecule has 0 bridgehead atoms. The predicted octanol–water partition coefficient (Wildman–Crippen LogP) is 0.290. The van der Waals surface area contributed by atoms with Gasteiger partial charge in [-0.3, -0.25) is 14.4 Å². The minimum absolute atomic E-state index is 0. The van der Waals surface area contributed by atoms with Gasteiger partial charge in [0.15, 0.2) is 0 Å². The molecule has 134 valence electrons. The fourth-order valence-electron chi connectivity index (χ4n) is 1.62. The lowest BCUT2D eigenvalue weighted by atomic mass is 10.2. The maximum atomic E-state index is 11.8. The molecular formula is C14H20Cl2N4O4. The Morgan fingerprint density at radius 1 is 1.17 bits per heavy atom. The van der Waals surface area contributed by atoms with Crippen molar-refractivity contribution >= 4 is 47.4 Å². The number of benzene rings is 1. The standard InChI is InChI=1S/C14H19ClN4O4.ClH/c1-23-11-3-2-9(15)6-10(11)19-12(20)4-5-17-14(22)8-18-13(21)7-16;/h2-3,6H,4-5,7-8,16H2,1H3,(H,17,22)(H,18,21)(H,19,20);1H. The van der Waals surface area contributed by atoms with Crippen LogP contribution in [0.3, 0.4) is 0 Å². The zero-order chi connectivity index (χ0) is 17.2. The van der Waals surface area contributed by atoms with Gasteiger partial charge in [-0.25, -0.2) is 0 Å². The van der Waals surface area contributed by atoms with Crippen molar-refractivity contribution in [3.63, 3.8) is 0 Å². The third kappa shape index (κ3) is 8.00. The molecule has 0 aromatic heterocycles. The van der Waals surface area contributed by atoms with E-state index in [4.69, 9.17) is 22.1 Å². The molecule has 0 aliphatic rings. The highest BCUT2D eigenvalue weighted by Crippen LogP contribution is 2.27. The third-order valence-corrected chi connectivity index (χ3v) is 2.98. The minimum atomic E-state index is -0.425. The van der Waals surface area contributed by atoms with E-state index in [1.807, 2.05) is 0 Å². The van der Waals surface area contributed by atoms with E-state index in [-0.39, 0.29) is 44.4 Å². The van der Waals surface area contributed by atoms with Crippen LogP contribution in [0, 0.1) is 0 Å². The third-order valence-electron chi connectivity index (χ3n) is 2.74. The number of halogens is 2. The van der Waals surface area contributed by atoms with E-state index < -0.39 is 11.8 Å². The van der Waals surface area contributed by atoms with Crippen LogP contribution in [-0.2, 0) is 14.4 Å². The summed E-state index contributed by atoms with van der Waals surface area (Å²) >= 11 is 5.87. The Bertz CT molecular complexity index is 584. The fourth-order valence-corrected chi connectivity index (χ4v) is 1.79. The molecule has 0 heterocycles. The molecule has 0 aliphatic heterocycles. The molecule has 5 N–H and O–H groups in total. The Hall–Kier alpha value is -2.03. The first-order valence-corrected chi connectivity index (χ1v) is 7.21. The average Bonchev–Trinajstić information content (AvgIpc) is 2.52. The largest absolute Gasteiger partial charge is 0.495 e. The molecule has 0 spiro atoms. The van der Waals surface area contributed by atoms with Gasteiger partial charge in [-0.1, -0.05) is 11.6 Å². The van der Waals surface area contributed by atoms with Crippen molar-refractivity contribution in [2.75, 3.05) is 32.1 Å². The van der Waals surface area contributed by atoms with E-state index in [1.165, 1.54) is 7.11 Å². The summed E-state index contributed by atoms with van der Waals surface area (Å²) in [6.07, 6.45) is 0.0617. The summed E-state index contributed by atoms with van der Waals surface area (Å²) < 4.78 is 5.12. The van der Waals surface area contributed by atoms with Crippen molar-refractivity contribution < 1.29 is 19.1 Å². The van der Waals surface area contributed by atoms with Gasteiger partial charge < -0.3 is 26.4 Å². The van der Waals surface area contributed by atoms with Crippen LogP contribution in [0.1, 0.15) is 6.42 Å². The van der Waals surface area contributed by atoms with Gasteiger partial charge in [-0.05, 0) is 18.2 Å². The SMILES string of the molecule is COc1ccc(Cl)cc1NC(=O)CCNC(=O)CNC(=O)CN.Cl. The smallest absolute Gasteiger partial charge is 0.239 e. The molecule has 24 heavy (non-hydrogen) atoms. The first-order chi connectivity index (χ1) is 11.0. The van der Waals surface area contributed by atoms with Crippen LogP contribution < -0.4 is 26.4 Å². The number of anilines is 1. The number of methoxy groups -OCH3 is 1. The quantitative estimate of drug-likeness (QED) is 0.517. The van der Waals surface area contributed by atoms with Gasteiger partial charge in [0.2, 0.25) is 17.7 Å². The van der Waals surface area contributed by atoms with Gasteiger partial charge in [0, 0.05) is 18.0 Å². The number of carbonyl (C=O) groups is 3. The number of ether oxygens (including phenoxy) is 1. The fraction of sp³-hybridized carbons (Fsp3) is 0.357. The summed E-state index contributed by atoms with van der Waals surface area (Å²) in [4.78, 5) is 34.1. The zero-order valence-corrected chi connectivity index (χ0v) is 14.6. The van der Waals surface area contributed by atoms with E-state index in [0.717, 1.165) is 0 Å². The second-order valence-electron chi connectivity index (χ2n) is 4.47. The van der Waals surface area contributed by atoms with E-state index in [9.17, 15) is 14.4 Å². The highest BCUT2D eigenvalue weighted by atomic mass is 35.5. The molecule has 8 nitrogen and oxygen atoms in total. The number of nitrogens with one attached hydrogen (secondary N) is 3. The van der Waals surface area contributed by atoms with Crippen molar-refractivity contribution in [2.24, 2.45) is 5.73 Å². The van der Waals surface area contributed by atoms with Gasteiger partial charge in [0.05, 0.1) is 25.9 Å². The summed E-state index contributed by atoms with van der Waals surface area (Å²) in [5.74, 6) is -0.654. The molecule has 0 saturated carbocycles. The number of rotatable bonds is 8. The molecule has 0 fully saturated rings. The summed E-state index contributed by atoms with van der Waals surface area (Å²) in [5.41, 5.74) is 5.54. The van der Waals surface area contributed by atoms with Crippen LogP contribution >= 0.6 is 24.0 Å². The van der Waals surface area contributed by atoms with Gasteiger partial charge in [0.25, 0.3) is 0 Å². The van der Waals surface area contributed by atoms with Crippen LogP contribution in [0.5, 0.6) is 5.75 Å². The summed E-state index contributed by atoms with van der Waals surface area (Å²) in [5, 5.41) is 7.94. The Balaban J connectivity index is 0.00000529. The Morgan fingerprint density at radius 3 is 2.50 bits per heavy atom. The molecule has 0 saturated heterocycles. The number of carbonyl (C=O) groups excluding carboxylic acids is 3. The van der Waals surface area contributed by atoms with Crippen LogP contribution in [0.2, 0.25) is 5.02 Å². The number of nitrogens with two attached hydrogens (primary N) is 1. The lowest BCUT2D eigenvalue weighted by molar-refractivity contribution is -0.125. The Morgan fingerprint density at radius 2 is 1.88 bits per heavy atom. The summed E-state index contributed by atoms with van der Waals surface area (Å²) in [6, 6.07) is 4.85. The van der Waals surface area contributed by atoms with Gasteiger partial charge in [-0.15, -0.1) is 12.4 Å². The molecule has 0 atom stereocenters. The van der Waals surface area contributed by atoms with E-state index >= 15 is 0 Å². The maximum Gasteiger partial charge on any atom is 0.239 e. The molecule has 3 amide bonds. The Kier molecular flexibility index (Phi) is 10.5. The van der Waals surface area contributed by atoms with Crippen LogP contribution in [0.25, 0.3) is 0 Å². The predicted molar refractivity (Wildman–Crippen MR) is 93.6 cm³/mol. The lowest BCUT2D eigenvalue weighted by Gasteiger charge is -2.11. The molecular weight excluding hydrogens is 359 g/mol. The van der Waals surface area contributed by atoms with Crippen LogP contribution in [0.15, 0.2) is 18.2 Å². The number of hydrogen-bond acceptors (Lipinski definition) is 5.